The third-order valence-electron chi connectivity index (χ3n) is 4.64. The molecule has 1 fully saturated rings. The van der Waals surface area contributed by atoms with Gasteiger partial charge in [0, 0.05) is 0 Å². The molecule has 1 atom stereocenters. The molecule has 0 aromatic heterocycles. The molecule has 23 heavy (non-hydrogen) atoms. The second-order valence-corrected chi connectivity index (χ2v) is 7.08. The summed E-state index contributed by atoms with van der Waals surface area (Å²) in [6, 6.07) is 0. The number of hydrogen-bond donors (Lipinski definition) is 0. The average Bonchev–Trinajstić information content (AvgIpc) is 2.77. The summed E-state index contributed by atoms with van der Waals surface area (Å²) in [4.78, 5) is 22.7. The van der Waals surface area contributed by atoms with Crippen molar-refractivity contribution in [2.45, 2.75) is 97.3 Å². The van der Waals surface area contributed by atoms with Crippen LogP contribution in [0.2, 0.25) is 0 Å². The van der Waals surface area contributed by atoms with Gasteiger partial charge >= 0.3 is 11.9 Å². The molecule has 0 saturated carbocycles. The molecule has 0 amide bonds. The molecular formula is C20H34O3. The fraction of sp³-hybridized carbons (Fsp3) is 0.800. The van der Waals surface area contributed by atoms with Crippen LogP contribution in [0.15, 0.2) is 12.2 Å². The molecule has 3 heteroatoms. The van der Waals surface area contributed by atoms with Crippen molar-refractivity contribution in [3.63, 3.8) is 0 Å². The first-order valence-corrected chi connectivity index (χ1v) is 9.51. The Morgan fingerprint density at radius 1 is 0.913 bits per heavy atom. The van der Waals surface area contributed by atoms with E-state index < -0.39 is 17.4 Å². The zero-order valence-corrected chi connectivity index (χ0v) is 15.1. The van der Waals surface area contributed by atoms with Gasteiger partial charge in [0.25, 0.3) is 0 Å². The van der Waals surface area contributed by atoms with E-state index in [1.165, 1.54) is 64.2 Å². The second-order valence-electron chi connectivity index (χ2n) is 7.08. The maximum absolute atomic E-state index is 11.6. The smallest absolute Gasteiger partial charge is 0.323 e. The summed E-state index contributed by atoms with van der Waals surface area (Å²) in [5, 5.41) is 0. The van der Waals surface area contributed by atoms with Gasteiger partial charge in [0.1, 0.15) is 0 Å². The fourth-order valence-electron chi connectivity index (χ4n) is 3.02. The average molecular weight is 322 g/mol. The lowest BCUT2D eigenvalue weighted by molar-refractivity contribution is -0.154. The summed E-state index contributed by atoms with van der Waals surface area (Å²) in [7, 11) is 0. The molecular weight excluding hydrogens is 288 g/mol. The van der Waals surface area contributed by atoms with Gasteiger partial charge in [-0.25, -0.2) is 0 Å². The van der Waals surface area contributed by atoms with Crippen LogP contribution in [0.4, 0.5) is 0 Å². The van der Waals surface area contributed by atoms with Crippen LogP contribution in [0.3, 0.4) is 0 Å². The van der Waals surface area contributed by atoms with Crippen molar-refractivity contribution in [2.75, 3.05) is 0 Å². The number of ether oxygens (including phenoxy) is 1. The van der Waals surface area contributed by atoms with Gasteiger partial charge < -0.3 is 4.74 Å². The Morgan fingerprint density at radius 3 is 1.91 bits per heavy atom. The molecule has 1 saturated heterocycles. The highest BCUT2D eigenvalue weighted by atomic mass is 16.6. The Morgan fingerprint density at radius 2 is 1.43 bits per heavy atom. The number of cyclic esters (lactones) is 2. The lowest BCUT2D eigenvalue weighted by atomic mass is 9.88. The zero-order valence-electron chi connectivity index (χ0n) is 15.1. The van der Waals surface area contributed by atoms with Gasteiger partial charge in [0.15, 0.2) is 0 Å². The predicted molar refractivity (Wildman–Crippen MR) is 94.0 cm³/mol. The molecule has 0 aromatic rings. The van der Waals surface area contributed by atoms with Gasteiger partial charge in [-0.1, -0.05) is 83.3 Å². The zero-order chi connectivity index (χ0) is 17.0. The van der Waals surface area contributed by atoms with Crippen LogP contribution in [0.1, 0.15) is 97.3 Å². The molecule has 0 aliphatic carbocycles. The topological polar surface area (TPSA) is 43.4 Å². The fourth-order valence-corrected chi connectivity index (χ4v) is 3.02. The Bertz CT molecular complexity index is 386. The number of allylic oxidation sites excluding steroid dienone is 1. The quantitative estimate of drug-likeness (QED) is 0.188. The number of hydrogen-bond acceptors (Lipinski definition) is 3. The van der Waals surface area contributed by atoms with E-state index >= 15 is 0 Å². The van der Waals surface area contributed by atoms with E-state index in [4.69, 9.17) is 0 Å². The van der Waals surface area contributed by atoms with E-state index in [2.05, 4.69) is 11.7 Å². The molecule has 0 N–H and O–H groups in total. The van der Waals surface area contributed by atoms with Crippen molar-refractivity contribution in [3.05, 3.63) is 12.2 Å². The largest absolute Gasteiger partial charge is 0.392 e. The van der Waals surface area contributed by atoms with E-state index in [-0.39, 0.29) is 6.42 Å². The molecule has 1 aliphatic rings. The van der Waals surface area contributed by atoms with E-state index in [0.29, 0.717) is 0 Å². The molecule has 0 aromatic carbocycles. The lowest BCUT2D eigenvalue weighted by Gasteiger charge is -2.11. The number of carbonyl (C=O) groups excluding carboxylic acids is 2. The molecule has 0 radical (unpaired) electrons. The molecule has 132 valence electrons. The van der Waals surface area contributed by atoms with Crippen LogP contribution in [0.25, 0.3) is 0 Å². The minimum atomic E-state index is -0.727. The predicted octanol–water partition coefficient (Wildman–Crippen LogP) is 5.72. The molecule has 1 aliphatic heterocycles. The number of unbranched alkanes of at least 4 members (excludes halogenated alkanes) is 11. The Kier molecular flexibility index (Phi) is 9.89. The van der Waals surface area contributed by atoms with Crippen molar-refractivity contribution < 1.29 is 14.3 Å². The molecule has 1 heterocycles. The summed E-state index contributed by atoms with van der Waals surface area (Å²) >= 11 is 0. The molecule has 1 unspecified atom stereocenters. The van der Waals surface area contributed by atoms with E-state index in [1.807, 2.05) is 12.2 Å². The molecule has 1 rings (SSSR count). The van der Waals surface area contributed by atoms with Gasteiger partial charge in [0.05, 0.1) is 11.8 Å². The van der Waals surface area contributed by atoms with Gasteiger partial charge in [-0.05, 0) is 19.8 Å². The van der Waals surface area contributed by atoms with E-state index in [0.717, 1.165) is 12.8 Å². The lowest BCUT2D eigenvalue weighted by Crippen LogP contribution is -2.18. The summed E-state index contributed by atoms with van der Waals surface area (Å²) in [6.45, 7) is 4.03. The maximum Gasteiger partial charge on any atom is 0.323 e. The van der Waals surface area contributed by atoms with Crippen LogP contribution < -0.4 is 0 Å². The first-order chi connectivity index (χ1) is 11.1. The minimum absolute atomic E-state index is 0.181. The highest BCUT2D eigenvalue weighted by Gasteiger charge is 2.42. The normalized spacial score (nSPS) is 21.3. The highest BCUT2D eigenvalue weighted by Crippen LogP contribution is 2.32. The highest BCUT2D eigenvalue weighted by molar-refractivity contribution is 5.98. The van der Waals surface area contributed by atoms with E-state index in [9.17, 15) is 9.59 Å². The third kappa shape index (κ3) is 8.34. The van der Waals surface area contributed by atoms with Crippen LogP contribution in [0.5, 0.6) is 0 Å². The van der Waals surface area contributed by atoms with Crippen molar-refractivity contribution in [1.29, 1.82) is 0 Å². The van der Waals surface area contributed by atoms with Crippen LogP contribution >= 0.6 is 0 Å². The number of rotatable bonds is 13. The van der Waals surface area contributed by atoms with Crippen molar-refractivity contribution in [3.8, 4) is 0 Å². The summed E-state index contributed by atoms with van der Waals surface area (Å²) in [5.41, 5.74) is -0.727. The Labute approximate surface area is 141 Å². The van der Waals surface area contributed by atoms with Gasteiger partial charge in [-0.3, -0.25) is 9.59 Å². The van der Waals surface area contributed by atoms with Crippen molar-refractivity contribution in [1.82, 2.24) is 0 Å². The molecule has 0 spiro atoms. The summed E-state index contributed by atoms with van der Waals surface area (Å²) in [6.07, 6.45) is 19.8. The van der Waals surface area contributed by atoms with Crippen molar-refractivity contribution in [2.24, 2.45) is 5.41 Å². The number of carbonyl (C=O) groups is 2. The number of esters is 2. The summed E-state index contributed by atoms with van der Waals surface area (Å²) in [5.74, 6) is -0.811. The standard InChI is InChI=1S/C20H34O3/c1-3-4-5-6-7-8-9-10-11-12-13-14-15-16-20(2)17-18(21)23-19(20)22/h15-16H,3-14,17H2,1-2H3. The third-order valence-corrected chi connectivity index (χ3v) is 4.64. The van der Waals surface area contributed by atoms with Crippen molar-refractivity contribution >= 4 is 11.9 Å². The van der Waals surface area contributed by atoms with Crippen LogP contribution in [0, 0.1) is 5.41 Å². The van der Waals surface area contributed by atoms with E-state index in [1.54, 1.807) is 6.92 Å². The maximum atomic E-state index is 11.6. The van der Waals surface area contributed by atoms with Crippen LogP contribution in [-0.4, -0.2) is 11.9 Å². The Hall–Kier alpha value is -1.12. The van der Waals surface area contributed by atoms with Crippen LogP contribution in [-0.2, 0) is 14.3 Å². The summed E-state index contributed by atoms with van der Waals surface area (Å²) < 4.78 is 4.61. The second kappa shape index (κ2) is 11.4. The van der Waals surface area contributed by atoms with Gasteiger partial charge in [-0.2, -0.15) is 0 Å². The monoisotopic (exact) mass is 322 g/mol. The first kappa shape index (κ1) is 19.9. The van der Waals surface area contributed by atoms with Gasteiger partial charge in [0.2, 0.25) is 0 Å². The van der Waals surface area contributed by atoms with Gasteiger partial charge in [-0.15, -0.1) is 0 Å². The first-order valence-electron chi connectivity index (χ1n) is 9.51. The molecule has 3 nitrogen and oxygen atoms in total. The molecule has 0 bridgehead atoms. The Balaban J connectivity index is 1.93. The minimum Gasteiger partial charge on any atom is -0.392 e. The SMILES string of the molecule is CCCCCCCCCCCCCC=CC1(C)CC(=O)OC1=O.